The van der Waals surface area contributed by atoms with Gasteiger partial charge in [0.05, 0.1) is 5.75 Å². The van der Waals surface area contributed by atoms with E-state index in [2.05, 4.69) is 39.7 Å². The van der Waals surface area contributed by atoms with Crippen LogP contribution in [0.15, 0.2) is 30.5 Å². The number of nitrogens with zero attached hydrogens (tertiary/aromatic N) is 2. The zero-order valence-corrected chi connectivity index (χ0v) is 21.5. The van der Waals surface area contributed by atoms with Crippen LogP contribution >= 0.6 is 24.8 Å². The third-order valence-electron chi connectivity index (χ3n) is 5.73. The summed E-state index contributed by atoms with van der Waals surface area (Å²) in [5.41, 5.74) is 2.27. The normalized spacial score (nSPS) is 15.2. The van der Waals surface area contributed by atoms with Crippen LogP contribution in [-0.2, 0) is 16.4 Å². The van der Waals surface area contributed by atoms with Crippen LogP contribution in [0.1, 0.15) is 51.5 Å². The summed E-state index contributed by atoms with van der Waals surface area (Å²) in [5, 5.41) is 1.15. The number of aromatic nitrogens is 1. The lowest BCUT2D eigenvalue weighted by Gasteiger charge is -2.32. The molecule has 0 atom stereocenters. The van der Waals surface area contributed by atoms with Crippen molar-refractivity contribution in [2.24, 2.45) is 0 Å². The zero-order valence-electron chi connectivity index (χ0n) is 19.1. The Labute approximate surface area is 205 Å². The molecule has 1 aliphatic heterocycles. The second-order valence-electron chi connectivity index (χ2n) is 8.08. The van der Waals surface area contributed by atoms with Crippen molar-refractivity contribution in [1.82, 2.24) is 14.6 Å². The number of rotatable bonds is 11. The number of sulfonamides is 1. The first kappa shape index (κ1) is 28.9. The van der Waals surface area contributed by atoms with Crippen LogP contribution in [0.5, 0.6) is 5.75 Å². The van der Waals surface area contributed by atoms with E-state index in [1.807, 2.05) is 12.3 Å². The fourth-order valence-corrected chi connectivity index (χ4v) is 4.56. The van der Waals surface area contributed by atoms with Crippen molar-refractivity contribution in [2.45, 2.75) is 58.5 Å². The summed E-state index contributed by atoms with van der Waals surface area (Å²) in [7, 11) is -3.09. The smallest absolute Gasteiger partial charge is 0.211 e. The van der Waals surface area contributed by atoms with Crippen LogP contribution in [0.3, 0.4) is 0 Å². The molecule has 32 heavy (non-hydrogen) atoms. The molecule has 6 nitrogen and oxygen atoms in total. The van der Waals surface area contributed by atoms with Gasteiger partial charge in [0.2, 0.25) is 10.0 Å². The first-order valence-corrected chi connectivity index (χ1v) is 12.9. The van der Waals surface area contributed by atoms with Gasteiger partial charge in [-0.2, -0.15) is 0 Å². The van der Waals surface area contributed by atoms with E-state index in [9.17, 15) is 8.42 Å². The Morgan fingerprint density at radius 1 is 1.16 bits per heavy atom. The second-order valence-corrected chi connectivity index (χ2v) is 10.2. The van der Waals surface area contributed by atoms with E-state index in [4.69, 9.17) is 4.74 Å². The van der Waals surface area contributed by atoms with Gasteiger partial charge in [0.25, 0.3) is 0 Å². The monoisotopic (exact) mass is 505 g/mol. The van der Waals surface area contributed by atoms with Crippen LogP contribution in [-0.4, -0.2) is 56.3 Å². The van der Waals surface area contributed by atoms with E-state index in [1.165, 1.54) is 18.4 Å². The topological polar surface area (TPSA) is 71.5 Å². The number of hydrogen-bond donors (Lipinski definition) is 1. The molecular formula is C23H37Cl2N3O3S. The number of ether oxygens (including phenoxy) is 1. The molecule has 2 heterocycles. The summed E-state index contributed by atoms with van der Waals surface area (Å²) in [6.45, 7) is 7.25. The van der Waals surface area contributed by atoms with Crippen molar-refractivity contribution >= 4 is 45.7 Å². The van der Waals surface area contributed by atoms with Gasteiger partial charge in [0.1, 0.15) is 17.4 Å². The molecule has 0 amide bonds. The highest BCUT2D eigenvalue weighted by atomic mass is 35.5. The summed E-state index contributed by atoms with van der Waals surface area (Å²) in [5.74, 6) is 1.05. The van der Waals surface area contributed by atoms with Crippen molar-refractivity contribution in [3.63, 3.8) is 0 Å². The highest BCUT2D eigenvalue weighted by Gasteiger charge is 2.21. The van der Waals surface area contributed by atoms with Gasteiger partial charge in [-0.25, -0.2) is 13.1 Å². The maximum atomic E-state index is 11.5. The number of pyridine rings is 1. The molecule has 9 heteroatoms. The molecule has 1 fully saturated rings. The fraction of sp³-hybridized carbons (Fsp3) is 0.609. The number of aryl methyl sites for hydroxylation is 1. The quantitative estimate of drug-likeness (QED) is 0.452. The lowest BCUT2D eigenvalue weighted by atomic mass is 10.0. The van der Waals surface area contributed by atoms with Gasteiger partial charge in [-0.15, -0.1) is 24.8 Å². The Kier molecular flexibility index (Phi) is 12.8. The predicted molar refractivity (Wildman–Crippen MR) is 137 cm³/mol. The number of piperidine rings is 1. The Bertz CT molecular complexity index is 920. The van der Waals surface area contributed by atoms with Gasteiger partial charge in [-0.05, 0) is 69.3 Å². The van der Waals surface area contributed by atoms with Crippen LogP contribution in [0.4, 0.5) is 0 Å². The van der Waals surface area contributed by atoms with Crippen molar-refractivity contribution in [2.75, 3.05) is 31.9 Å². The van der Waals surface area contributed by atoms with Gasteiger partial charge in [-0.1, -0.05) is 19.4 Å². The molecule has 0 bridgehead atoms. The van der Waals surface area contributed by atoms with Gasteiger partial charge in [0, 0.05) is 31.2 Å². The van der Waals surface area contributed by atoms with E-state index in [-0.39, 0.29) is 36.7 Å². The molecule has 2 aromatic rings. The lowest BCUT2D eigenvalue weighted by molar-refractivity contribution is 0.101. The molecule has 182 valence electrons. The molecule has 0 radical (unpaired) electrons. The number of hydrogen-bond acceptors (Lipinski definition) is 5. The predicted octanol–water partition coefficient (Wildman–Crippen LogP) is 4.59. The molecule has 1 N–H and O–H groups in total. The van der Waals surface area contributed by atoms with Crippen LogP contribution in [0, 0.1) is 0 Å². The standard InChI is InChI=1S/C23H35N3O3S.2ClH/c1-3-5-8-19-17-20-9-6-12-24-23(20)22(18-19)29-21-10-15-26(16-11-21)14-7-13-25-30(27,28)4-2;;/h6,9,12,17-18,21,25H,3-5,7-8,10-11,13-16H2,1-2H3;2*1H. The third kappa shape index (κ3) is 8.67. The number of fused-ring (bicyclic) bond motifs is 1. The molecule has 1 aromatic heterocycles. The van der Waals surface area contributed by atoms with Crippen molar-refractivity contribution in [3.05, 3.63) is 36.0 Å². The molecular weight excluding hydrogens is 469 g/mol. The number of nitrogens with one attached hydrogen (secondary N) is 1. The minimum Gasteiger partial charge on any atom is -0.488 e. The fourth-order valence-electron chi connectivity index (χ4n) is 3.90. The van der Waals surface area contributed by atoms with Crippen molar-refractivity contribution in [3.8, 4) is 5.75 Å². The van der Waals surface area contributed by atoms with Crippen LogP contribution in [0.25, 0.3) is 10.9 Å². The van der Waals surface area contributed by atoms with Crippen molar-refractivity contribution in [1.29, 1.82) is 0 Å². The summed E-state index contributed by atoms with van der Waals surface area (Å²) >= 11 is 0. The maximum absolute atomic E-state index is 11.5. The summed E-state index contributed by atoms with van der Waals surface area (Å²) < 4.78 is 32.1. The highest BCUT2D eigenvalue weighted by Crippen LogP contribution is 2.29. The molecule has 0 spiro atoms. The molecule has 0 saturated carbocycles. The summed E-state index contributed by atoms with van der Waals surface area (Å²) in [4.78, 5) is 6.97. The highest BCUT2D eigenvalue weighted by molar-refractivity contribution is 7.89. The molecule has 0 unspecified atom stereocenters. The molecule has 1 saturated heterocycles. The molecule has 1 aromatic carbocycles. The average molecular weight is 507 g/mol. The van der Waals surface area contributed by atoms with E-state index in [0.29, 0.717) is 6.54 Å². The Balaban J connectivity index is 0.00000256. The summed E-state index contributed by atoms with van der Waals surface area (Å²) in [6.07, 6.45) is 8.25. The van der Waals surface area contributed by atoms with E-state index in [1.54, 1.807) is 6.92 Å². The molecule has 1 aliphatic rings. The zero-order chi connectivity index (χ0) is 21.4. The van der Waals surface area contributed by atoms with Gasteiger partial charge < -0.3 is 9.64 Å². The Morgan fingerprint density at radius 2 is 1.91 bits per heavy atom. The number of halogens is 2. The number of unbranched alkanes of at least 4 members (excludes halogenated alkanes) is 1. The maximum Gasteiger partial charge on any atom is 0.211 e. The first-order valence-electron chi connectivity index (χ1n) is 11.2. The molecule has 3 rings (SSSR count). The second kappa shape index (κ2) is 14.2. The lowest BCUT2D eigenvalue weighted by Crippen LogP contribution is -2.39. The van der Waals surface area contributed by atoms with E-state index in [0.717, 1.165) is 62.0 Å². The third-order valence-corrected chi connectivity index (χ3v) is 7.13. The van der Waals surface area contributed by atoms with Gasteiger partial charge >= 0.3 is 0 Å². The van der Waals surface area contributed by atoms with Gasteiger partial charge in [-0.3, -0.25) is 4.98 Å². The van der Waals surface area contributed by atoms with E-state index < -0.39 is 10.0 Å². The van der Waals surface area contributed by atoms with Gasteiger partial charge in [0.15, 0.2) is 0 Å². The minimum atomic E-state index is -3.09. The number of likely N-dealkylation sites (tertiary alicyclic amines) is 1. The average Bonchev–Trinajstić information content (AvgIpc) is 2.76. The Hall–Kier alpha value is -1.12. The Morgan fingerprint density at radius 3 is 2.59 bits per heavy atom. The first-order chi connectivity index (χ1) is 14.5. The largest absolute Gasteiger partial charge is 0.488 e. The van der Waals surface area contributed by atoms with E-state index >= 15 is 0 Å². The van der Waals surface area contributed by atoms with Crippen LogP contribution in [0.2, 0.25) is 0 Å². The summed E-state index contributed by atoms with van der Waals surface area (Å²) in [6, 6.07) is 8.51. The number of benzene rings is 1. The van der Waals surface area contributed by atoms with Crippen molar-refractivity contribution < 1.29 is 13.2 Å². The molecule has 0 aliphatic carbocycles. The SMILES string of the molecule is CCCCc1cc(OC2CCN(CCCNS(=O)(=O)CC)CC2)c2ncccc2c1.Cl.Cl. The minimum absolute atomic E-state index is 0. The van der Waals surface area contributed by atoms with Crippen LogP contribution < -0.4 is 9.46 Å².